The Bertz CT molecular complexity index is 10.9. The van der Waals surface area contributed by atoms with E-state index in [-0.39, 0.29) is 170 Å². The molecule has 0 heterocycles. The quantitative estimate of drug-likeness (QED) is 0.361. The zero-order valence-electron chi connectivity index (χ0n) is 3.53. The van der Waals surface area contributed by atoms with E-state index in [9.17, 15) is 0 Å². The van der Waals surface area contributed by atoms with E-state index in [1.807, 2.05) is 0 Å². The summed E-state index contributed by atoms with van der Waals surface area (Å²) in [5.74, 6) is 0. The molecule has 0 saturated carbocycles. The zero-order chi connectivity index (χ0) is 0. The first-order valence-corrected chi connectivity index (χ1v) is 0. The minimum absolute atomic E-state index is 0. The van der Waals surface area contributed by atoms with E-state index in [0.29, 0.717) is 0 Å². The summed E-state index contributed by atoms with van der Waals surface area (Å²) in [4.78, 5) is 0. The van der Waals surface area contributed by atoms with E-state index in [2.05, 4.69) is 0 Å². The second-order valence-corrected chi connectivity index (χ2v) is 0. The SMILES string of the molecule is [La].[La].[O-2].[O-2].[O-2].[Pr+3].[Pr+3]. The fourth-order valence-corrected chi connectivity index (χ4v) is 0. The Hall–Kier alpha value is 5.00. The molecule has 0 unspecified atom stereocenters. The van der Waals surface area contributed by atoms with Crippen molar-refractivity contribution < 1.29 is 170 Å². The third-order valence-corrected chi connectivity index (χ3v) is 0. The van der Waals surface area contributed by atoms with Gasteiger partial charge in [-0.05, 0) is 0 Å². The van der Waals surface area contributed by atoms with Crippen molar-refractivity contribution in [1.29, 1.82) is 0 Å². The molecule has 0 N–H and O–H groups in total. The molecule has 3 nitrogen and oxygen atoms in total. The maximum Gasteiger partial charge on any atom is 3.00 e. The normalized spacial score (nSPS) is 0. The molecule has 0 rings (SSSR count). The Labute approximate surface area is 165 Å². The van der Waals surface area contributed by atoms with Gasteiger partial charge >= 0.3 is 82.6 Å². The van der Waals surface area contributed by atoms with Crippen LogP contribution in [0, 0.1) is 154 Å². The standard InChI is InChI=1S/2La.3O.2Pr/q;;3*-2;2*+3. The van der Waals surface area contributed by atoms with Gasteiger partial charge in [-0.25, -0.2) is 0 Å². The Kier molecular flexibility index (Phi) is 365. The molecule has 0 fully saturated rings. The average Bonchev–Trinajstić information content (AvgIpc) is 0. The maximum absolute atomic E-state index is 0. The number of hydrogen-bond acceptors (Lipinski definition) is 0. The largest absolute Gasteiger partial charge is 3.00 e. The molecule has 0 aliphatic carbocycles. The van der Waals surface area contributed by atoms with Crippen LogP contribution in [0.5, 0.6) is 0 Å². The van der Waals surface area contributed by atoms with Crippen LogP contribution >= 0.6 is 0 Å². The molecule has 0 amide bonds. The molecule has 0 bridgehead atoms. The van der Waals surface area contributed by atoms with E-state index in [1.165, 1.54) is 0 Å². The molecular formula is La2O3Pr2. The Morgan fingerprint density at radius 1 is 0.429 bits per heavy atom. The third kappa shape index (κ3) is 35.6. The van der Waals surface area contributed by atoms with Crippen molar-refractivity contribution >= 4 is 0 Å². The van der Waals surface area contributed by atoms with Gasteiger partial charge in [-0.15, -0.1) is 0 Å². The maximum atomic E-state index is 0. The van der Waals surface area contributed by atoms with Gasteiger partial charge in [0.1, 0.15) is 0 Å². The summed E-state index contributed by atoms with van der Waals surface area (Å²) < 4.78 is 0. The van der Waals surface area contributed by atoms with Crippen molar-refractivity contribution in [3.63, 3.8) is 0 Å². The summed E-state index contributed by atoms with van der Waals surface area (Å²) in [6, 6.07) is 0. The van der Waals surface area contributed by atoms with Gasteiger partial charge in [-0.3, -0.25) is 0 Å². The summed E-state index contributed by atoms with van der Waals surface area (Å²) in [7, 11) is 0. The van der Waals surface area contributed by atoms with Crippen LogP contribution < -0.4 is 0 Å². The molecule has 0 saturated heterocycles. The third-order valence-electron chi connectivity index (χ3n) is 0. The Morgan fingerprint density at radius 3 is 0.429 bits per heavy atom. The molecule has 0 aliphatic heterocycles. The van der Waals surface area contributed by atoms with Crippen molar-refractivity contribution in [3.8, 4) is 0 Å². The molecule has 0 spiro atoms. The average molecular weight is 608 g/mol. The predicted molar refractivity (Wildman–Crippen MR) is 2.06 cm³/mol. The zero-order valence-corrected chi connectivity index (χ0v) is 18.2. The summed E-state index contributed by atoms with van der Waals surface area (Å²) in [6.45, 7) is 0. The van der Waals surface area contributed by atoms with Gasteiger partial charge in [0.15, 0.2) is 0 Å². The number of hydrogen-bond donors (Lipinski definition) is 0. The van der Waals surface area contributed by atoms with Crippen LogP contribution in [-0.2, 0) is 16.4 Å². The van der Waals surface area contributed by atoms with Gasteiger partial charge in [0.2, 0.25) is 0 Å². The fourth-order valence-electron chi connectivity index (χ4n) is 0. The predicted octanol–water partition coefficient (Wildman–Crippen LogP) is -0.356. The number of rotatable bonds is 0. The molecule has 0 atom stereocenters. The van der Waals surface area contributed by atoms with Crippen molar-refractivity contribution in [2.45, 2.75) is 0 Å². The van der Waals surface area contributed by atoms with E-state index < -0.39 is 0 Å². The summed E-state index contributed by atoms with van der Waals surface area (Å²) in [5.41, 5.74) is 0. The van der Waals surface area contributed by atoms with Crippen molar-refractivity contribution in [2.24, 2.45) is 0 Å². The van der Waals surface area contributed by atoms with Gasteiger partial charge in [0.05, 0.1) is 0 Å². The van der Waals surface area contributed by atoms with Gasteiger partial charge in [-0.1, -0.05) is 0 Å². The smallest absolute Gasteiger partial charge is 2.00 e. The minimum atomic E-state index is 0. The molecule has 0 aromatic carbocycles. The monoisotopic (exact) mass is 608 g/mol. The molecule has 7 heavy (non-hydrogen) atoms. The topological polar surface area (TPSA) is 85.5 Å². The first kappa shape index (κ1) is 58.1. The van der Waals surface area contributed by atoms with Crippen LogP contribution in [-0.4, -0.2) is 0 Å². The van der Waals surface area contributed by atoms with Crippen molar-refractivity contribution in [1.82, 2.24) is 0 Å². The van der Waals surface area contributed by atoms with Crippen LogP contribution in [0.1, 0.15) is 0 Å². The van der Waals surface area contributed by atoms with Crippen LogP contribution in [0.2, 0.25) is 0 Å². The molecule has 7 heteroatoms. The van der Waals surface area contributed by atoms with E-state index in [0.717, 1.165) is 0 Å². The van der Waals surface area contributed by atoms with Crippen molar-refractivity contribution in [3.05, 3.63) is 0 Å². The summed E-state index contributed by atoms with van der Waals surface area (Å²) in [6.07, 6.45) is 0. The van der Waals surface area contributed by atoms with Crippen LogP contribution in [0.4, 0.5) is 0 Å². The molecule has 2 radical (unpaired) electrons. The van der Waals surface area contributed by atoms with Gasteiger partial charge in [0.25, 0.3) is 0 Å². The molecule has 0 aromatic rings. The minimum Gasteiger partial charge on any atom is -2.00 e. The van der Waals surface area contributed by atoms with Gasteiger partial charge in [0, 0.05) is 71.2 Å². The summed E-state index contributed by atoms with van der Waals surface area (Å²) in [5, 5.41) is 0. The molecule has 30 valence electrons. The van der Waals surface area contributed by atoms with E-state index in [4.69, 9.17) is 0 Å². The van der Waals surface area contributed by atoms with Crippen LogP contribution in [0.25, 0.3) is 0 Å². The first-order valence-electron chi connectivity index (χ1n) is 0. The van der Waals surface area contributed by atoms with E-state index >= 15 is 0 Å². The second kappa shape index (κ2) is 44.0. The molecule has 0 aliphatic rings. The Balaban J connectivity index is 0. The van der Waals surface area contributed by atoms with Crippen LogP contribution in [0.3, 0.4) is 0 Å². The Morgan fingerprint density at radius 2 is 0.429 bits per heavy atom. The molecular weight excluding hydrogens is 608 g/mol. The van der Waals surface area contributed by atoms with Crippen molar-refractivity contribution in [2.75, 3.05) is 0 Å². The second-order valence-electron chi connectivity index (χ2n) is 0. The van der Waals surface area contributed by atoms with E-state index in [1.54, 1.807) is 0 Å². The fraction of sp³-hybridized carbons (Fsp3) is 0. The van der Waals surface area contributed by atoms with Crippen LogP contribution in [0.15, 0.2) is 0 Å². The molecule has 0 aromatic heterocycles. The van der Waals surface area contributed by atoms with Gasteiger partial charge in [-0.2, -0.15) is 0 Å². The van der Waals surface area contributed by atoms with Gasteiger partial charge < -0.3 is 16.4 Å². The first-order chi connectivity index (χ1) is 0. The summed E-state index contributed by atoms with van der Waals surface area (Å²) >= 11 is 0.